The van der Waals surface area contributed by atoms with Crippen molar-refractivity contribution in [1.29, 1.82) is 0 Å². The second kappa shape index (κ2) is 30.0. The van der Waals surface area contributed by atoms with Gasteiger partial charge in [0, 0.05) is 7.11 Å². The number of hydrogen-bond donors (Lipinski definition) is 0. The minimum Gasteiger partial charge on any atom is -0.499 e. The lowest BCUT2D eigenvalue weighted by Crippen LogP contribution is -2.04. The maximum absolute atomic E-state index is 5.01. The van der Waals surface area contributed by atoms with Crippen LogP contribution in [0.1, 0.15) is 62.3 Å². The first kappa shape index (κ1) is 26.1. The van der Waals surface area contributed by atoms with Crippen LogP contribution in [-0.2, 0) is 14.2 Å². The zero-order valence-electron chi connectivity index (χ0n) is 14.2. The lowest BCUT2D eigenvalue weighted by Gasteiger charge is -2.03. The van der Waals surface area contributed by atoms with Gasteiger partial charge in [-0.15, -0.1) is 0 Å². The molecule has 0 spiro atoms. The third-order valence-corrected chi connectivity index (χ3v) is 1.01. The van der Waals surface area contributed by atoms with E-state index in [1.54, 1.807) is 13.4 Å². The highest BCUT2D eigenvalue weighted by Gasteiger charge is 1.87. The lowest BCUT2D eigenvalue weighted by atomic mass is 10.5. The number of rotatable bonds is 5. The summed E-state index contributed by atoms with van der Waals surface area (Å²) < 4.78 is 14.6. The van der Waals surface area contributed by atoms with Crippen LogP contribution in [0.3, 0.4) is 0 Å². The molecule has 0 bridgehead atoms. The summed E-state index contributed by atoms with van der Waals surface area (Å²) in [5.74, 6) is 0. The Morgan fingerprint density at radius 2 is 1.33 bits per heavy atom. The summed E-state index contributed by atoms with van der Waals surface area (Å²) in [7, 11) is 1.61. The zero-order valence-corrected chi connectivity index (χ0v) is 14.2. The Bertz CT molecular complexity index is 121. The summed E-state index contributed by atoms with van der Waals surface area (Å²) in [5.41, 5.74) is 0. The molecule has 3 heteroatoms. The van der Waals surface area contributed by atoms with E-state index in [1.165, 1.54) is 0 Å². The van der Waals surface area contributed by atoms with Crippen molar-refractivity contribution in [2.75, 3.05) is 13.9 Å². The molecule has 0 aliphatic heterocycles. The first-order valence-corrected chi connectivity index (χ1v) is 6.91. The van der Waals surface area contributed by atoms with Crippen LogP contribution in [0.2, 0.25) is 0 Å². The van der Waals surface area contributed by atoms with E-state index in [0.29, 0.717) is 12.9 Å². The predicted octanol–water partition coefficient (Wildman–Crippen LogP) is 5.01. The van der Waals surface area contributed by atoms with Crippen molar-refractivity contribution < 1.29 is 14.2 Å². The van der Waals surface area contributed by atoms with Crippen molar-refractivity contribution in [3.8, 4) is 0 Å². The fourth-order valence-corrected chi connectivity index (χ4v) is 0.440. The average molecular weight is 264 g/mol. The molecule has 0 aromatic rings. The Morgan fingerprint density at radius 3 is 1.44 bits per heavy atom. The van der Waals surface area contributed by atoms with Crippen LogP contribution < -0.4 is 0 Å². The van der Waals surface area contributed by atoms with E-state index in [0.717, 1.165) is 0 Å². The van der Waals surface area contributed by atoms with Gasteiger partial charge in [0.1, 0.15) is 6.79 Å². The van der Waals surface area contributed by atoms with Crippen LogP contribution >= 0.6 is 0 Å². The molecule has 0 fully saturated rings. The van der Waals surface area contributed by atoms with Gasteiger partial charge in [-0.2, -0.15) is 0 Å². The highest BCUT2D eigenvalue weighted by atomic mass is 16.7. The molecule has 0 aliphatic carbocycles. The molecule has 0 unspecified atom stereocenters. The van der Waals surface area contributed by atoms with E-state index >= 15 is 0 Å². The predicted molar refractivity (Wildman–Crippen MR) is 81.8 cm³/mol. The average Bonchev–Trinajstić information content (AvgIpc) is 2.39. The number of methoxy groups -OCH3 is 1. The molecule has 0 amide bonds. The van der Waals surface area contributed by atoms with Crippen molar-refractivity contribution in [1.82, 2.24) is 0 Å². The van der Waals surface area contributed by atoms with Crippen LogP contribution in [0.25, 0.3) is 0 Å². The quantitative estimate of drug-likeness (QED) is 0.516. The van der Waals surface area contributed by atoms with Crippen molar-refractivity contribution >= 4 is 0 Å². The molecule has 0 saturated carbocycles. The monoisotopic (exact) mass is 264 g/mol. The minimum atomic E-state index is 0.278. The summed E-state index contributed by atoms with van der Waals surface area (Å²) in [6.07, 6.45) is 4.17. The summed E-state index contributed by atoms with van der Waals surface area (Å²) in [5, 5.41) is 0. The molecule has 0 saturated heterocycles. The van der Waals surface area contributed by atoms with Crippen molar-refractivity contribution in [3.05, 3.63) is 12.3 Å². The Hall–Kier alpha value is -0.540. The topological polar surface area (TPSA) is 27.7 Å². The Morgan fingerprint density at radius 1 is 0.889 bits per heavy atom. The summed E-state index contributed by atoms with van der Waals surface area (Å²) in [4.78, 5) is 0. The van der Waals surface area contributed by atoms with Gasteiger partial charge in [-0.25, -0.2) is 0 Å². The first-order chi connectivity index (χ1) is 8.54. The van der Waals surface area contributed by atoms with Crippen LogP contribution in [0.15, 0.2) is 12.3 Å². The van der Waals surface area contributed by atoms with Gasteiger partial charge in [0.2, 0.25) is 0 Å². The maximum Gasteiger partial charge on any atom is 0.146 e. The second-order valence-electron chi connectivity index (χ2n) is 3.28. The molecule has 18 heavy (non-hydrogen) atoms. The minimum absolute atomic E-state index is 0.278. The SMILES string of the molecule is C/C=C\OC(C)C.CC.CC.COCOC(C)C. The van der Waals surface area contributed by atoms with Crippen LogP contribution in [0.4, 0.5) is 0 Å². The third-order valence-electron chi connectivity index (χ3n) is 1.01. The van der Waals surface area contributed by atoms with E-state index < -0.39 is 0 Å². The smallest absolute Gasteiger partial charge is 0.146 e. The number of hydrogen-bond acceptors (Lipinski definition) is 3. The summed E-state index contributed by atoms with van der Waals surface area (Å²) in [6.45, 7) is 18.3. The van der Waals surface area contributed by atoms with E-state index in [9.17, 15) is 0 Å². The highest BCUT2D eigenvalue weighted by molar-refractivity contribution is 4.65. The molecule has 0 heterocycles. The number of ether oxygens (including phenoxy) is 3. The van der Waals surface area contributed by atoms with E-state index in [2.05, 4.69) is 4.74 Å². The molecule has 114 valence electrons. The van der Waals surface area contributed by atoms with Gasteiger partial charge in [0.25, 0.3) is 0 Å². The maximum atomic E-state index is 5.01. The van der Waals surface area contributed by atoms with Crippen LogP contribution in [0, 0.1) is 0 Å². The normalized spacial score (nSPS) is 8.89. The third kappa shape index (κ3) is 58.1. The Balaban J connectivity index is -0.0000000851. The van der Waals surface area contributed by atoms with E-state index in [4.69, 9.17) is 9.47 Å². The first-order valence-electron chi connectivity index (χ1n) is 6.91. The lowest BCUT2D eigenvalue weighted by molar-refractivity contribution is -0.0587. The molecule has 0 rings (SSSR count). The standard InChI is InChI=1S/C6H12O.C5H12O2.2C2H6/c1-4-5-7-6(2)3;1-5(2)7-4-6-3;2*1-2/h4-6H,1-3H3;5H,4H2,1-3H3;2*1-2H3/b5-4-;;;. The van der Waals surface area contributed by atoms with E-state index in [-0.39, 0.29) is 6.10 Å². The second-order valence-corrected chi connectivity index (χ2v) is 3.28. The number of allylic oxidation sites excluding steroid dienone is 1. The fourth-order valence-electron chi connectivity index (χ4n) is 0.440. The van der Waals surface area contributed by atoms with Gasteiger partial charge in [0.15, 0.2) is 0 Å². The van der Waals surface area contributed by atoms with Gasteiger partial charge in [-0.05, 0) is 34.6 Å². The van der Waals surface area contributed by atoms with E-state index in [1.807, 2.05) is 68.4 Å². The van der Waals surface area contributed by atoms with Crippen LogP contribution in [-0.4, -0.2) is 26.1 Å². The highest BCUT2D eigenvalue weighted by Crippen LogP contribution is 1.86. The molecular formula is C15H36O3. The van der Waals surface area contributed by atoms with Gasteiger partial charge in [0.05, 0.1) is 18.5 Å². The molecule has 3 nitrogen and oxygen atoms in total. The van der Waals surface area contributed by atoms with Gasteiger partial charge < -0.3 is 14.2 Å². The summed E-state index contributed by atoms with van der Waals surface area (Å²) >= 11 is 0. The zero-order chi connectivity index (χ0) is 15.4. The van der Waals surface area contributed by atoms with Crippen LogP contribution in [0.5, 0.6) is 0 Å². The van der Waals surface area contributed by atoms with Crippen molar-refractivity contribution in [2.24, 2.45) is 0 Å². The summed E-state index contributed by atoms with van der Waals surface area (Å²) in [6, 6.07) is 0. The van der Waals surface area contributed by atoms with Gasteiger partial charge >= 0.3 is 0 Å². The molecule has 0 aromatic carbocycles. The Kier molecular flexibility index (Phi) is 43.5. The molecule has 0 aromatic heterocycles. The molecule has 0 N–H and O–H groups in total. The molecule has 0 radical (unpaired) electrons. The molecular weight excluding hydrogens is 228 g/mol. The van der Waals surface area contributed by atoms with Crippen molar-refractivity contribution in [3.63, 3.8) is 0 Å². The Labute approximate surface area is 116 Å². The molecule has 0 atom stereocenters. The molecule has 0 aliphatic rings. The van der Waals surface area contributed by atoms with Gasteiger partial charge in [-0.1, -0.05) is 33.8 Å². The van der Waals surface area contributed by atoms with Crippen molar-refractivity contribution in [2.45, 2.75) is 74.5 Å². The van der Waals surface area contributed by atoms with Gasteiger partial charge in [-0.3, -0.25) is 0 Å². The largest absolute Gasteiger partial charge is 0.499 e. The fraction of sp³-hybridized carbons (Fsp3) is 0.867.